The SMILES string of the molecule is C[C@H](SCc1ccccc1)C(=O)N1CCc2cc(S(=O)(=O)N(C)C)ccc21. The minimum atomic E-state index is -3.47. The summed E-state index contributed by atoms with van der Waals surface area (Å²) in [5, 5.41) is -0.165. The van der Waals surface area contributed by atoms with Gasteiger partial charge in [0.1, 0.15) is 0 Å². The third-order valence-corrected chi connectivity index (χ3v) is 7.69. The second-order valence-corrected chi connectivity index (χ2v) is 10.2. The molecule has 0 spiro atoms. The lowest BCUT2D eigenvalue weighted by molar-refractivity contribution is -0.117. The fraction of sp³-hybridized carbons (Fsp3) is 0.350. The number of carbonyl (C=O) groups is 1. The van der Waals surface area contributed by atoms with Crippen molar-refractivity contribution in [3.63, 3.8) is 0 Å². The Morgan fingerprint density at radius 3 is 2.56 bits per heavy atom. The highest BCUT2D eigenvalue weighted by molar-refractivity contribution is 7.99. The predicted molar refractivity (Wildman–Crippen MR) is 111 cm³/mol. The van der Waals surface area contributed by atoms with Crippen LogP contribution in [0.1, 0.15) is 18.1 Å². The van der Waals surface area contributed by atoms with Gasteiger partial charge in [0, 0.05) is 32.1 Å². The first kappa shape index (κ1) is 19.9. The molecule has 1 amide bonds. The van der Waals surface area contributed by atoms with Crippen molar-refractivity contribution in [3.8, 4) is 0 Å². The summed E-state index contributed by atoms with van der Waals surface area (Å²) < 4.78 is 25.8. The molecule has 3 rings (SSSR count). The topological polar surface area (TPSA) is 57.7 Å². The Labute approximate surface area is 165 Å². The number of nitrogens with zero attached hydrogens (tertiary/aromatic N) is 2. The van der Waals surface area contributed by atoms with Crippen LogP contribution < -0.4 is 4.90 Å². The van der Waals surface area contributed by atoms with Crippen LogP contribution in [0.5, 0.6) is 0 Å². The van der Waals surface area contributed by atoms with Gasteiger partial charge in [-0.2, -0.15) is 0 Å². The lowest BCUT2D eigenvalue weighted by Gasteiger charge is -2.22. The molecule has 1 aliphatic rings. The Bertz CT molecular complexity index is 927. The van der Waals surface area contributed by atoms with Crippen LogP contribution in [0.25, 0.3) is 0 Å². The van der Waals surface area contributed by atoms with Gasteiger partial charge in [-0.15, -0.1) is 11.8 Å². The molecule has 5 nitrogen and oxygen atoms in total. The zero-order valence-corrected chi connectivity index (χ0v) is 17.4. The molecule has 0 fully saturated rings. The normalized spacial score (nSPS) is 15.0. The molecule has 1 aliphatic heterocycles. The van der Waals surface area contributed by atoms with Gasteiger partial charge in [0.15, 0.2) is 0 Å². The average Bonchev–Trinajstić information content (AvgIpc) is 3.09. The molecule has 0 aromatic heterocycles. The Kier molecular flexibility index (Phi) is 5.93. The van der Waals surface area contributed by atoms with E-state index < -0.39 is 10.0 Å². The molecule has 0 unspecified atom stereocenters. The van der Waals surface area contributed by atoms with Gasteiger partial charge in [0.25, 0.3) is 0 Å². The summed E-state index contributed by atoms with van der Waals surface area (Å²) in [7, 11) is -0.430. The molecular weight excluding hydrogens is 380 g/mol. The minimum Gasteiger partial charge on any atom is -0.311 e. The Morgan fingerprint density at radius 2 is 1.89 bits per heavy atom. The number of hydrogen-bond donors (Lipinski definition) is 0. The molecule has 1 atom stereocenters. The summed E-state index contributed by atoms with van der Waals surface area (Å²) in [5.74, 6) is 0.854. The van der Waals surface area contributed by atoms with Gasteiger partial charge in [-0.05, 0) is 42.7 Å². The van der Waals surface area contributed by atoms with Crippen LogP contribution >= 0.6 is 11.8 Å². The van der Waals surface area contributed by atoms with Crippen molar-refractivity contribution in [1.82, 2.24) is 4.31 Å². The van der Waals surface area contributed by atoms with Crippen LogP contribution in [-0.2, 0) is 27.0 Å². The van der Waals surface area contributed by atoms with Crippen molar-refractivity contribution in [1.29, 1.82) is 0 Å². The van der Waals surface area contributed by atoms with Crippen LogP contribution in [0, 0.1) is 0 Å². The summed E-state index contributed by atoms with van der Waals surface area (Å²) in [4.78, 5) is 15.0. The first-order chi connectivity index (χ1) is 12.8. The van der Waals surface area contributed by atoms with Crippen molar-refractivity contribution in [2.75, 3.05) is 25.5 Å². The third-order valence-electron chi connectivity index (χ3n) is 4.68. The summed E-state index contributed by atoms with van der Waals surface area (Å²) in [6.45, 7) is 2.52. The number of thioether (sulfide) groups is 1. The number of amides is 1. The lowest BCUT2D eigenvalue weighted by Crippen LogP contribution is -2.35. The second-order valence-electron chi connectivity index (χ2n) is 6.76. The smallest absolute Gasteiger partial charge is 0.242 e. The summed E-state index contributed by atoms with van der Waals surface area (Å²) in [6.07, 6.45) is 0.675. The lowest BCUT2D eigenvalue weighted by atomic mass is 10.2. The van der Waals surface area contributed by atoms with E-state index in [9.17, 15) is 13.2 Å². The quantitative estimate of drug-likeness (QED) is 0.742. The number of anilines is 1. The molecule has 0 saturated carbocycles. The fourth-order valence-corrected chi connectivity index (χ4v) is 4.92. The second kappa shape index (κ2) is 8.04. The van der Waals surface area contributed by atoms with Crippen LogP contribution in [0.2, 0.25) is 0 Å². The standard InChI is InChI=1S/C20H24N2O3S2/c1-15(26-14-16-7-5-4-6-8-16)20(23)22-12-11-17-13-18(9-10-19(17)22)27(24,25)21(2)3/h4-10,13,15H,11-12,14H2,1-3H3/t15-/m0/s1. The number of fused-ring (bicyclic) bond motifs is 1. The largest absolute Gasteiger partial charge is 0.311 e. The average molecular weight is 405 g/mol. The Hall–Kier alpha value is -1.83. The van der Waals surface area contributed by atoms with Crippen molar-refractivity contribution in [2.45, 2.75) is 29.2 Å². The first-order valence-electron chi connectivity index (χ1n) is 8.83. The highest BCUT2D eigenvalue weighted by Crippen LogP contribution is 2.32. The van der Waals surface area contributed by atoms with Gasteiger partial charge in [-0.1, -0.05) is 30.3 Å². The van der Waals surface area contributed by atoms with Crippen molar-refractivity contribution < 1.29 is 13.2 Å². The molecule has 2 aromatic rings. The number of hydrogen-bond acceptors (Lipinski definition) is 4. The molecule has 0 N–H and O–H groups in total. The van der Waals surface area contributed by atoms with E-state index in [0.29, 0.717) is 13.0 Å². The molecule has 144 valence electrons. The maximum Gasteiger partial charge on any atom is 0.242 e. The van der Waals surface area contributed by atoms with Gasteiger partial charge in [-0.25, -0.2) is 12.7 Å². The van der Waals surface area contributed by atoms with Crippen LogP contribution in [-0.4, -0.2) is 44.5 Å². The summed E-state index contributed by atoms with van der Waals surface area (Å²) >= 11 is 1.62. The highest BCUT2D eigenvalue weighted by atomic mass is 32.2. The van der Waals surface area contributed by atoms with E-state index in [1.54, 1.807) is 34.9 Å². The fourth-order valence-electron chi connectivity index (χ4n) is 3.06. The van der Waals surface area contributed by atoms with E-state index in [1.165, 1.54) is 24.0 Å². The number of carbonyl (C=O) groups excluding carboxylic acids is 1. The molecule has 2 aromatic carbocycles. The van der Waals surface area contributed by atoms with Gasteiger partial charge in [0.05, 0.1) is 10.1 Å². The van der Waals surface area contributed by atoms with Crippen molar-refractivity contribution >= 4 is 33.4 Å². The number of sulfonamides is 1. The van der Waals surface area contributed by atoms with E-state index in [2.05, 4.69) is 12.1 Å². The van der Waals surface area contributed by atoms with Crippen molar-refractivity contribution in [2.24, 2.45) is 0 Å². The molecule has 1 heterocycles. The van der Waals surface area contributed by atoms with Crippen LogP contribution in [0.3, 0.4) is 0 Å². The zero-order valence-electron chi connectivity index (χ0n) is 15.8. The molecule has 0 aliphatic carbocycles. The maximum absolute atomic E-state index is 12.9. The summed E-state index contributed by atoms with van der Waals surface area (Å²) in [6, 6.07) is 15.1. The monoisotopic (exact) mass is 404 g/mol. The van der Waals surface area contributed by atoms with Gasteiger partial charge >= 0.3 is 0 Å². The molecule has 7 heteroatoms. The highest BCUT2D eigenvalue weighted by Gasteiger charge is 2.29. The predicted octanol–water partition coefficient (Wildman–Crippen LogP) is 3.15. The summed E-state index contributed by atoms with van der Waals surface area (Å²) in [5.41, 5.74) is 2.93. The molecule has 0 radical (unpaired) electrons. The van der Waals surface area contributed by atoms with E-state index >= 15 is 0 Å². The van der Waals surface area contributed by atoms with Gasteiger partial charge < -0.3 is 4.90 Å². The Morgan fingerprint density at radius 1 is 1.19 bits per heavy atom. The van der Waals surface area contributed by atoms with E-state index in [-0.39, 0.29) is 16.1 Å². The number of rotatable bonds is 6. The zero-order chi connectivity index (χ0) is 19.6. The molecule has 0 bridgehead atoms. The van der Waals surface area contributed by atoms with Gasteiger partial charge in [0.2, 0.25) is 15.9 Å². The van der Waals surface area contributed by atoms with E-state index in [1.807, 2.05) is 25.1 Å². The van der Waals surface area contributed by atoms with Crippen LogP contribution in [0.4, 0.5) is 5.69 Å². The van der Waals surface area contributed by atoms with Crippen LogP contribution in [0.15, 0.2) is 53.4 Å². The van der Waals surface area contributed by atoms with Gasteiger partial charge in [-0.3, -0.25) is 4.79 Å². The minimum absolute atomic E-state index is 0.0675. The van der Waals surface area contributed by atoms with Crippen molar-refractivity contribution in [3.05, 3.63) is 59.7 Å². The molecule has 0 saturated heterocycles. The number of benzene rings is 2. The maximum atomic E-state index is 12.9. The third kappa shape index (κ3) is 4.20. The molecular formula is C20H24N2O3S2. The van der Waals surface area contributed by atoms with E-state index in [0.717, 1.165) is 17.0 Å². The molecule has 27 heavy (non-hydrogen) atoms. The van der Waals surface area contributed by atoms with E-state index in [4.69, 9.17) is 0 Å². The first-order valence-corrected chi connectivity index (χ1v) is 11.3. The Balaban J connectivity index is 1.72.